The van der Waals surface area contributed by atoms with E-state index in [2.05, 4.69) is 5.32 Å². The van der Waals surface area contributed by atoms with Gasteiger partial charge in [-0.05, 0) is 23.8 Å². The Morgan fingerprint density at radius 1 is 1.19 bits per heavy atom. The van der Waals surface area contributed by atoms with E-state index in [1.54, 1.807) is 26.3 Å². The monoisotopic (exact) mass is 357 g/mol. The number of benzene rings is 2. The number of carbonyl (C=O) groups is 2. The van der Waals surface area contributed by atoms with Gasteiger partial charge in [0.25, 0.3) is 11.6 Å². The average Bonchev–Trinajstić information content (AvgIpc) is 2.66. The second-order valence-electron chi connectivity index (χ2n) is 5.59. The van der Waals surface area contributed by atoms with Crippen molar-refractivity contribution in [1.82, 2.24) is 10.2 Å². The van der Waals surface area contributed by atoms with Crippen LogP contribution in [-0.2, 0) is 11.3 Å². The van der Waals surface area contributed by atoms with E-state index in [4.69, 9.17) is 4.74 Å². The van der Waals surface area contributed by atoms with Crippen LogP contribution in [0.25, 0.3) is 0 Å². The van der Waals surface area contributed by atoms with Gasteiger partial charge in [-0.25, -0.2) is 0 Å². The van der Waals surface area contributed by atoms with E-state index >= 15 is 0 Å². The topological polar surface area (TPSA) is 102 Å². The number of non-ortho nitro benzene ring substituents is 1. The summed E-state index contributed by atoms with van der Waals surface area (Å²) in [4.78, 5) is 35.9. The Bertz CT molecular complexity index is 805. The number of likely N-dealkylation sites (N-methyl/N-ethyl adjacent to an activating group) is 1. The van der Waals surface area contributed by atoms with Crippen LogP contribution in [0.15, 0.2) is 48.5 Å². The van der Waals surface area contributed by atoms with Crippen LogP contribution in [0.2, 0.25) is 0 Å². The summed E-state index contributed by atoms with van der Waals surface area (Å²) in [6.45, 7) is 0.184. The van der Waals surface area contributed by atoms with Gasteiger partial charge in [-0.2, -0.15) is 0 Å². The number of carbonyl (C=O) groups excluding carboxylic acids is 2. The van der Waals surface area contributed by atoms with Crippen molar-refractivity contribution in [1.29, 1.82) is 0 Å². The molecule has 0 saturated carbocycles. The summed E-state index contributed by atoms with van der Waals surface area (Å²) in [6, 6.07) is 12.6. The molecule has 0 atom stereocenters. The fourth-order valence-electron chi connectivity index (χ4n) is 2.25. The predicted molar refractivity (Wildman–Crippen MR) is 94.9 cm³/mol. The molecule has 0 aliphatic rings. The van der Waals surface area contributed by atoms with Crippen molar-refractivity contribution in [3.63, 3.8) is 0 Å². The maximum absolute atomic E-state index is 12.2. The highest BCUT2D eigenvalue weighted by atomic mass is 16.6. The minimum Gasteiger partial charge on any atom is -0.497 e. The molecule has 1 N–H and O–H groups in total. The summed E-state index contributed by atoms with van der Waals surface area (Å²) in [5.74, 6) is -0.0913. The largest absolute Gasteiger partial charge is 0.497 e. The summed E-state index contributed by atoms with van der Waals surface area (Å²) in [5.41, 5.74) is 0.872. The Morgan fingerprint density at radius 2 is 1.88 bits per heavy atom. The molecule has 8 nitrogen and oxygen atoms in total. The molecule has 2 aromatic carbocycles. The molecule has 0 aromatic heterocycles. The molecule has 0 bridgehead atoms. The Balaban J connectivity index is 1.89. The Kier molecular flexibility index (Phi) is 6.26. The third-order valence-electron chi connectivity index (χ3n) is 3.72. The molecule has 0 spiro atoms. The predicted octanol–water partition coefficient (Wildman–Crippen LogP) is 1.99. The number of methoxy groups -OCH3 is 1. The first-order chi connectivity index (χ1) is 12.4. The minimum atomic E-state index is -0.579. The molecule has 26 heavy (non-hydrogen) atoms. The van der Waals surface area contributed by atoms with Crippen molar-refractivity contribution < 1.29 is 19.2 Å². The number of nitro benzene ring substituents is 1. The SMILES string of the molecule is COc1ccc(CN(C)C(=O)CNC(=O)c2cccc([N+](=O)[O-])c2)cc1. The molecule has 2 rings (SSSR count). The van der Waals surface area contributed by atoms with Crippen molar-refractivity contribution in [2.75, 3.05) is 20.7 Å². The van der Waals surface area contributed by atoms with Crippen molar-refractivity contribution in [3.05, 3.63) is 69.8 Å². The third kappa shape index (κ3) is 5.04. The van der Waals surface area contributed by atoms with Gasteiger partial charge >= 0.3 is 0 Å². The first kappa shape index (κ1) is 18.9. The van der Waals surface area contributed by atoms with Crippen LogP contribution in [0.4, 0.5) is 5.69 Å². The fraction of sp³-hybridized carbons (Fsp3) is 0.222. The lowest BCUT2D eigenvalue weighted by molar-refractivity contribution is -0.384. The lowest BCUT2D eigenvalue weighted by atomic mass is 10.2. The molecule has 0 aliphatic heterocycles. The van der Waals surface area contributed by atoms with Gasteiger partial charge in [0.2, 0.25) is 5.91 Å². The van der Waals surface area contributed by atoms with Crippen molar-refractivity contribution in [2.24, 2.45) is 0 Å². The zero-order valence-corrected chi connectivity index (χ0v) is 14.5. The first-order valence-corrected chi connectivity index (χ1v) is 7.80. The van der Waals surface area contributed by atoms with Crippen LogP contribution in [0.1, 0.15) is 15.9 Å². The van der Waals surface area contributed by atoms with Crippen LogP contribution in [0.5, 0.6) is 5.75 Å². The summed E-state index contributed by atoms with van der Waals surface area (Å²) >= 11 is 0. The van der Waals surface area contributed by atoms with Gasteiger partial charge in [0.15, 0.2) is 0 Å². The van der Waals surface area contributed by atoms with Crippen LogP contribution in [0.3, 0.4) is 0 Å². The van der Waals surface area contributed by atoms with Gasteiger partial charge in [0, 0.05) is 31.3 Å². The standard InChI is InChI=1S/C18H19N3O5/c1-20(12-13-6-8-16(26-2)9-7-13)17(22)11-19-18(23)14-4-3-5-15(10-14)21(24)25/h3-10H,11-12H2,1-2H3,(H,19,23). The van der Waals surface area contributed by atoms with Gasteiger partial charge in [-0.1, -0.05) is 18.2 Å². The average molecular weight is 357 g/mol. The van der Waals surface area contributed by atoms with Crippen LogP contribution in [-0.4, -0.2) is 42.3 Å². The van der Waals surface area contributed by atoms with Crippen LogP contribution < -0.4 is 10.1 Å². The summed E-state index contributed by atoms with van der Waals surface area (Å²) in [5, 5.41) is 13.2. The van der Waals surface area contributed by atoms with E-state index in [1.165, 1.54) is 29.2 Å². The molecule has 0 aliphatic carbocycles. The number of hydrogen-bond donors (Lipinski definition) is 1. The lowest BCUT2D eigenvalue weighted by Gasteiger charge is -2.18. The molecule has 0 radical (unpaired) electrons. The summed E-state index contributed by atoms with van der Waals surface area (Å²) in [6.07, 6.45) is 0. The van der Waals surface area contributed by atoms with E-state index in [9.17, 15) is 19.7 Å². The minimum absolute atomic E-state index is 0.129. The number of rotatable bonds is 7. The molecule has 136 valence electrons. The van der Waals surface area contributed by atoms with Gasteiger partial charge in [0.1, 0.15) is 5.75 Å². The molecule has 2 aromatic rings. The maximum atomic E-state index is 12.2. The van der Waals surface area contributed by atoms with E-state index in [1.807, 2.05) is 12.1 Å². The highest BCUT2D eigenvalue weighted by Crippen LogP contribution is 2.14. The number of nitrogens with zero attached hydrogens (tertiary/aromatic N) is 2. The molecule has 0 unspecified atom stereocenters. The number of ether oxygens (including phenoxy) is 1. The highest BCUT2D eigenvalue weighted by Gasteiger charge is 2.14. The Labute approximate surface area is 150 Å². The van der Waals surface area contributed by atoms with E-state index in [0.717, 1.165) is 11.3 Å². The van der Waals surface area contributed by atoms with Crippen molar-refractivity contribution in [2.45, 2.75) is 6.54 Å². The third-order valence-corrected chi connectivity index (χ3v) is 3.72. The lowest BCUT2D eigenvalue weighted by Crippen LogP contribution is -2.37. The number of nitro groups is 1. The van der Waals surface area contributed by atoms with Crippen molar-refractivity contribution in [3.8, 4) is 5.75 Å². The normalized spacial score (nSPS) is 10.1. The van der Waals surface area contributed by atoms with E-state index in [0.29, 0.717) is 6.54 Å². The number of hydrogen-bond acceptors (Lipinski definition) is 5. The molecule has 8 heteroatoms. The second kappa shape index (κ2) is 8.61. The van der Waals surface area contributed by atoms with Gasteiger partial charge in [-0.3, -0.25) is 19.7 Å². The Hall–Kier alpha value is -3.42. The fourth-order valence-corrected chi connectivity index (χ4v) is 2.25. The Morgan fingerprint density at radius 3 is 2.50 bits per heavy atom. The molecule has 0 heterocycles. The zero-order valence-electron chi connectivity index (χ0n) is 14.5. The number of amides is 2. The molecule has 0 saturated heterocycles. The zero-order chi connectivity index (χ0) is 19.1. The molecular weight excluding hydrogens is 338 g/mol. The van der Waals surface area contributed by atoms with Crippen molar-refractivity contribution >= 4 is 17.5 Å². The summed E-state index contributed by atoms with van der Waals surface area (Å²) < 4.78 is 5.08. The molecule has 0 fully saturated rings. The molecular formula is C18H19N3O5. The second-order valence-corrected chi connectivity index (χ2v) is 5.59. The van der Waals surface area contributed by atoms with Crippen LogP contribution >= 0.6 is 0 Å². The summed E-state index contributed by atoms with van der Waals surface area (Å²) in [7, 11) is 3.21. The van der Waals surface area contributed by atoms with Gasteiger partial charge < -0.3 is 15.0 Å². The van der Waals surface area contributed by atoms with Gasteiger partial charge in [0.05, 0.1) is 18.6 Å². The smallest absolute Gasteiger partial charge is 0.270 e. The molecule has 2 amide bonds. The first-order valence-electron chi connectivity index (χ1n) is 7.80. The quantitative estimate of drug-likeness (QED) is 0.603. The van der Waals surface area contributed by atoms with E-state index < -0.39 is 10.8 Å². The van der Waals surface area contributed by atoms with E-state index in [-0.39, 0.29) is 23.7 Å². The number of nitrogens with one attached hydrogen (secondary N) is 1. The highest BCUT2D eigenvalue weighted by molar-refractivity contribution is 5.96. The maximum Gasteiger partial charge on any atom is 0.270 e. The van der Waals surface area contributed by atoms with Gasteiger partial charge in [-0.15, -0.1) is 0 Å². The van der Waals surface area contributed by atoms with Crippen LogP contribution in [0, 0.1) is 10.1 Å².